The van der Waals surface area contributed by atoms with Crippen molar-refractivity contribution in [3.63, 3.8) is 0 Å². The number of nitrogens with zero attached hydrogens (tertiary/aromatic N) is 2. The van der Waals surface area contributed by atoms with Crippen molar-refractivity contribution in [2.45, 2.75) is 19.1 Å². The standard InChI is InChI=1S/C14H16F3N3O/c1-19-5-4-9(7-19)8-20-12-6-10(14(15,16)17)2-3-11(12)18-13(20)21/h2-3,6,9H,4-5,7-8H2,1H3,(H,18,21). The van der Waals surface area contributed by atoms with Gasteiger partial charge < -0.3 is 9.88 Å². The molecule has 1 aliphatic heterocycles. The van der Waals surface area contributed by atoms with Crippen molar-refractivity contribution in [1.82, 2.24) is 14.5 Å². The number of imidazole rings is 1. The lowest BCUT2D eigenvalue weighted by Crippen LogP contribution is -2.23. The summed E-state index contributed by atoms with van der Waals surface area (Å²) in [7, 11) is 2.00. The Kier molecular flexibility index (Phi) is 3.32. The molecule has 1 aliphatic rings. The van der Waals surface area contributed by atoms with Crippen molar-refractivity contribution in [2.75, 3.05) is 20.1 Å². The van der Waals surface area contributed by atoms with Crippen LogP contribution in [0.5, 0.6) is 0 Å². The molecule has 1 aromatic carbocycles. The molecule has 0 amide bonds. The highest BCUT2D eigenvalue weighted by atomic mass is 19.4. The number of aromatic amines is 1. The van der Waals surface area contributed by atoms with E-state index >= 15 is 0 Å². The Morgan fingerprint density at radius 3 is 2.76 bits per heavy atom. The summed E-state index contributed by atoms with van der Waals surface area (Å²) in [5, 5.41) is 0. The first-order valence-corrected chi connectivity index (χ1v) is 6.83. The third-order valence-corrected chi connectivity index (χ3v) is 4.03. The summed E-state index contributed by atoms with van der Waals surface area (Å²) in [5.41, 5.74) is -0.311. The molecule has 2 aromatic rings. The predicted octanol–water partition coefficient (Wildman–Crippen LogP) is 2.30. The third kappa shape index (κ3) is 2.70. The molecule has 2 heterocycles. The number of aromatic nitrogens is 2. The van der Waals surface area contributed by atoms with Gasteiger partial charge in [-0.2, -0.15) is 13.2 Å². The molecule has 21 heavy (non-hydrogen) atoms. The first kappa shape index (κ1) is 14.2. The van der Waals surface area contributed by atoms with Crippen LogP contribution in [0.2, 0.25) is 0 Å². The summed E-state index contributed by atoms with van der Waals surface area (Å²) < 4.78 is 39.8. The number of benzene rings is 1. The molecule has 0 bridgehead atoms. The van der Waals surface area contributed by atoms with Crippen LogP contribution in [0.1, 0.15) is 12.0 Å². The average Bonchev–Trinajstić information content (AvgIpc) is 2.93. The van der Waals surface area contributed by atoms with Gasteiger partial charge in [-0.3, -0.25) is 4.57 Å². The molecule has 1 saturated heterocycles. The molecule has 1 N–H and O–H groups in total. The van der Waals surface area contributed by atoms with Crippen LogP contribution in [0.25, 0.3) is 11.0 Å². The number of rotatable bonds is 2. The zero-order chi connectivity index (χ0) is 15.2. The fourth-order valence-electron chi connectivity index (χ4n) is 2.94. The summed E-state index contributed by atoms with van der Waals surface area (Å²) in [6, 6.07) is 3.36. The topological polar surface area (TPSA) is 41.0 Å². The van der Waals surface area contributed by atoms with Gasteiger partial charge in [0.25, 0.3) is 0 Å². The van der Waals surface area contributed by atoms with Gasteiger partial charge in [0.2, 0.25) is 0 Å². The first-order valence-electron chi connectivity index (χ1n) is 6.83. The Morgan fingerprint density at radius 2 is 2.14 bits per heavy atom. The molecule has 1 fully saturated rings. The van der Waals surface area contributed by atoms with Gasteiger partial charge in [-0.1, -0.05) is 0 Å². The third-order valence-electron chi connectivity index (χ3n) is 4.03. The quantitative estimate of drug-likeness (QED) is 0.924. The molecule has 1 aromatic heterocycles. The van der Waals surface area contributed by atoms with E-state index in [0.717, 1.165) is 31.6 Å². The maximum absolute atomic E-state index is 12.8. The van der Waals surface area contributed by atoms with E-state index in [-0.39, 0.29) is 5.69 Å². The molecule has 0 aliphatic carbocycles. The van der Waals surface area contributed by atoms with Crippen LogP contribution >= 0.6 is 0 Å². The summed E-state index contributed by atoms with van der Waals surface area (Å²) >= 11 is 0. The SMILES string of the molecule is CN1CCC(Cn2c(=O)[nH]c3ccc(C(F)(F)F)cc32)C1. The molecule has 3 rings (SSSR count). The number of hydrogen-bond acceptors (Lipinski definition) is 2. The monoisotopic (exact) mass is 299 g/mol. The van der Waals surface area contributed by atoms with Gasteiger partial charge in [-0.25, -0.2) is 4.79 Å². The van der Waals surface area contributed by atoms with Gasteiger partial charge in [0, 0.05) is 13.1 Å². The van der Waals surface area contributed by atoms with Crippen LogP contribution < -0.4 is 5.69 Å². The Hall–Kier alpha value is -1.76. The largest absolute Gasteiger partial charge is 0.416 e. The summed E-state index contributed by atoms with van der Waals surface area (Å²) in [5.74, 6) is 0.293. The fourth-order valence-corrected chi connectivity index (χ4v) is 2.94. The summed E-state index contributed by atoms with van der Waals surface area (Å²) in [4.78, 5) is 16.8. The minimum absolute atomic E-state index is 0.293. The van der Waals surface area contributed by atoms with Crippen molar-refractivity contribution in [2.24, 2.45) is 5.92 Å². The molecule has 0 radical (unpaired) electrons. The Balaban J connectivity index is 2.00. The molecule has 1 atom stereocenters. The van der Waals surface area contributed by atoms with Gasteiger partial charge in [0.05, 0.1) is 16.6 Å². The zero-order valence-electron chi connectivity index (χ0n) is 11.6. The molecule has 1 unspecified atom stereocenters. The number of H-pyrrole nitrogens is 1. The van der Waals surface area contributed by atoms with Crippen LogP contribution in [0, 0.1) is 5.92 Å². The number of fused-ring (bicyclic) bond motifs is 1. The van der Waals surface area contributed by atoms with Crippen molar-refractivity contribution in [1.29, 1.82) is 0 Å². The van der Waals surface area contributed by atoms with E-state index in [4.69, 9.17) is 0 Å². The molecule has 7 heteroatoms. The summed E-state index contributed by atoms with van der Waals surface area (Å²) in [6.45, 7) is 2.26. The van der Waals surface area contributed by atoms with Gasteiger partial charge in [-0.05, 0) is 44.1 Å². The minimum atomic E-state index is -4.40. The molecule has 4 nitrogen and oxygen atoms in total. The van der Waals surface area contributed by atoms with E-state index in [1.54, 1.807) is 0 Å². The van der Waals surface area contributed by atoms with Gasteiger partial charge in [0.1, 0.15) is 0 Å². The van der Waals surface area contributed by atoms with E-state index in [2.05, 4.69) is 9.88 Å². The number of alkyl halides is 3. The molecule has 114 valence electrons. The predicted molar refractivity (Wildman–Crippen MR) is 73.2 cm³/mol. The van der Waals surface area contributed by atoms with E-state index in [0.29, 0.717) is 23.5 Å². The Morgan fingerprint density at radius 1 is 1.38 bits per heavy atom. The van der Waals surface area contributed by atoms with Gasteiger partial charge >= 0.3 is 11.9 Å². The number of nitrogens with one attached hydrogen (secondary N) is 1. The molecular weight excluding hydrogens is 283 g/mol. The smallest absolute Gasteiger partial charge is 0.306 e. The average molecular weight is 299 g/mol. The highest BCUT2D eigenvalue weighted by Gasteiger charge is 2.31. The lowest BCUT2D eigenvalue weighted by molar-refractivity contribution is -0.137. The lowest BCUT2D eigenvalue weighted by atomic mass is 10.1. The number of halogens is 3. The van der Waals surface area contributed by atoms with Crippen molar-refractivity contribution in [3.05, 3.63) is 34.2 Å². The second-order valence-corrected chi connectivity index (χ2v) is 5.69. The summed E-state index contributed by atoms with van der Waals surface area (Å²) in [6.07, 6.45) is -3.45. The highest BCUT2D eigenvalue weighted by Crippen LogP contribution is 2.31. The lowest BCUT2D eigenvalue weighted by Gasteiger charge is -2.12. The fraction of sp³-hybridized carbons (Fsp3) is 0.500. The van der Waals surface area contributed by atoms with Crippen molar-refractivity contribution >= 4 is 11.0 Å². The van der Waals surface area contributed by atoms with Gasteiger partial charge in [0.15, 0.2) is 0 Å². The number of hydrogen-bond donors (Lipinski definition) is 1. The van der Waals surface area contributed by atoms with Crippen LogP contribution in [0.15, 0.2) is 23.0 Å². The first-order chi connectivity index (χ1) is 9.84. The van der Waals surface area contributed by atoms with E-state index in [1.165, 1.54) is 10.6 Å². The van der Waals surface area contributed by atoms with E-state index in [1.807, 2.05) is 7.05 Å². The molecule has 0 spiro atoms. The maximum atomic E-state index is 12.8. The van der Waals surface area contributed by atoms with Gasteiger partial charge in [-0.15, -0.1) is 0 Å². The highest BCUT2D eigenvalue weighted by molar-refractivity contribution is 5.76. The van der Waals surface area contributed by atoms with Crippen molar-refractivity contribution < 1.29 is 13.2 Å². The second-order valence-electron chi connectivity index (χ2n) is 5.69. The normalized spacial score (nSPS) is 20.5. The van der Waals surface area contributed by atoms with E-state index in [9.17, 15) is 18.0 Å². The van der Waals surface area contributed by atoms with Crippen LogP contribution in [0.3, 0.4) is 0 Å². The Labute approximate surface area is 119 Å². The van der Waals surface area contributed by atoms with Crippen LogP contribution in [-0.4, -0.2) is 34.6 Å². The van der Waals surface area contributed by atoms with Crippen molar-refractivity contribution in [3.8, 4) is 0 Å². The minimum Gasteiger partial charge on any atom is -0.306 e. The molecular formula is C14H16F3N3O. The second kappa shape index (κ2) is 4.91. The van der Waals surface area contributed by atoms with Crippen LogP contribution in [0.4, 0.5) is 13.2 Å². The van der Waals surface area contributed by atoms with Crippen LogP contribution in [-0.2, 0) is 12.7 Å². The van der Waals surface area contributed by atoms with E-state index < -0.39 is 11.7 Å². The molecule has 0 saturated carbocycles. The maximum Gasteiger partial charge on any atom is 0.416 e. The zero-order valence-corrected chi connectivity index (χ0v) is 11.6. The Bertz CT molecular complexity index is 716. The number of likely N-dealkylation sites (tertiary alicyclic amines) is 1.